The van der Waals surface area contributed by atoms with E-state index in [4.69, 9.17) is 0 Å². The lowest BCUT2D eigenvalue weighted by atomic mass is 10.1. The molecule has 0 radical (unpaired) electrons. The van der Waals surface area contributed by atoms with Crippen LogP contribution in [-0.2, 0) is 6.54 Å². The molecule has 142 valence electrons. The second-order valence-electron chi connectivity index (χ2n) is 7.11. The van der Waals surface area contributed by atoms with E-state index in [9.17, 15) is 9.90 Å². The number of carbonyl (C=O) groups is 1. The Labute approximate surface area is 155 Å². The predicted octanol–water partition coefficient (Wildman–Crippen LogP) is 1.84. The minimum Gasteiger partial charge on any atom is -0.391 e. The van der Waals surface area contributed by atoms with Gasteiger partial charge in [0.15, 0.2) is 5.96 Å². The van der Waals surface area contributed by atoms with Gasteiger partial charge in [0, 0.05) is 38.3 Å². The molecule has 26 heavy (non-hydrogen) atoms. The summed E-state index contributed by atoms with van der Waals surface area (Å²) in [4.78, 5) is 21.3. The highest BCUT2D eigenvalue weighted by Crippen LogP contribution is 2.15. The molecular weight excluding hydrogens is 328 g/mol. The number of carbonyl (C=O) groups excluding carboxylic acids is 1. The third-order valence-corrected chi connectivity index (χ3v) is 5.05. The maximum Gasteiger partial charge on any atom is 0.253 e. The first-order valence-corrected chi connectivity index (χ1v) is 9.77. The molecule has 0 aliphatic carbocycles. The van der Waals surface area contributed by atoms with Gasteiger partial charge in [-0.2, -0.15) is 0 Å². The topological polar surface area (TPSA) is 68.2 Å². The normalized spacial score (nSPS) is 21.2. The molecule has 3 rings (SSSR count). The van der Waals surface area contributed by atoms with Gasteiger partial charge >= 0.3 is 0 Å². The largest absolute Gasteiger partial charge is 0.391 e. The molecule has 0 unspecified atom stereocenters. The van der Waals surface area contributed by atoms with Crippen LogP contribution in [0.2, 0.25) is 0 Å². The minimum absolute atomic E-state index is 0.138. The van der Waals surface area contributed by atoms with Crippen LogP contribution >= 0.6 is 0 Å². The van der Waals surface area contributed by atoms with E-state index in [0.29, 0.717) is 13.1 Å². The zero-order chi connectivity index (χ0) is 18.4. The van der Waals surface area contributed by atoms with Gasteiger partial charge in [0.2, 0.25) is 0 Å². The maximum atomic E-state index is 12.5. The number of hydrogen-bond donors (Lipinski definition) is 2. The molecule has 2 aliphatic rings. The van der Waals surface area contributed by atoms with Crippen LogP contribution in [0.1, 0.15) is 48.5 Å². The van der Waals surface area contributed by atoms with Crippen molar-refractivity contribution in [3.63, 3.8) is 0 Å². The standard InChI is InChI=1S/C20H30N4O2/c1-2-21-20(24-13-10-18(25)15-24)22-14-16-6-8-17(9-7-16)19(26)23-11-4-3-5-12-23/h6-9,18,25H,2-5,10-15H2,1H3,(H,21,22)/t18-/m1/s1. The van der Waals surface area contributed by atoms with Gasteiger partial charge in [-0.3, -0.25) is 4.79 Å². The van der Waals surface area contributed by atoms with Gasteiger partial charge in [-0.05, 0) is 50.3 Å². The van der Waals surface area contributed by atoms with Crippen molar-refractivity contribution in [3.8, 4) is 0 Å². The van der Waals surface area contributed by atoms with Crippen molar-refractivity contribution in [1.29, 1.82) is 0 Å². The minimum atomic E-state index is -0.265. The van der Waals surface area contributed by atoms with Crippen LogP contribution in [0, 0.1) is 0 Å². The molecule has 0 aromatic heterocycles. The summed E-state index contributed by atoms with van der Waals surface area (Å²) in [5, 5.41) is 13.0. The van der Waals surface area contributed by atoms with E-state index >= 15 is 0 Å². The number of rotatable bonds is 4. The van der Waals surface area contributed by atoms with Crippen molar-refractivity contribution in [1.82, 2.24) is 15.1 Å². The predicted molar refractivity (Wildman–Crippen MR) is 103 cm³/mol. The number of nitrogens with one attached hydrogen (secondary N) is 1. The Bertz CT molecular complexity index is 623. The number of amides is 1. The van der Waals surface area contributed by atoms with Gasteiger partial charge in [-0.15, -0.1) is 0 Å². The summed E-state index contributed by atoms with van der Waals surface area (Å²) >= 11 is 0. The molecule has 0 spiro atoms. The van der Waals surface area contributed by atoms with E-state index in [1.165, 1.54) is 6.42 Å². The number of piperidine rings is 1. The molecule has 1 amide bonds. The number of aliphatic hydroxyl groups excluding tert-OH is 1. The lowest BCUT2D eigenvalue weighted by Crippen LogP contribution is -2.40. The molecule has 6 heteroatoms. The van der Waals surface area contributed by atoms with E-state index in [2.05, 4.69) is 15.2 Å². The molecule has 2 saturated heterocycles. The molecule has 0 saturated carbocycles. The number of likely N-dealkylation sites (tertiary alicyclic amines) is 2. The number of guanidine groups is 1. The van der Waals surface area contributed by atoms with Crippen molar-refractivity contribution in [2.75, 3.05) is 32.7 Å². The van der Waals surface area contributed by atoms with Crippen molar-refractivity contribution in [2.45, 2.75) is 45.3 Å². The number of nitrogens with zero attached hydrogens (tertiary/aromatic N) is 3. The average Bonchev–Trinajstić information content (AvgIpc) is 3.12. The molecule has 1 aromatic rings. The van der Waals surface area contributed by atoms with Gasteiger partial charge in [0.25, 0.3) is 5.91 Å². The highest BCUT2D eigenvalue weighted by Gasteiger charge is 2.22. The first-order chi connectivity index (χ1) is 12.7. The highest BCUT2D eigenvalue weighted by atomic mass is 16.3. The van der Waals surface area contributed by atoms with Crippen LogP contribution in [0.3, 0.4) is 0 Å². The molecule has 2 fully saturated rings. The second kappa shape index (κ2) is 9.03. The first kappa shape index (κ1) is 18.7. The zero-order valence-corrected chi connectivity index (χ0v) is 15.7. The average molecular weight is 358 g/mol. The van der Waals surface area contributed by atoms with E-state index < -0.39 is 0 Å². The fraction of sp³-hybridized carbons (Fsp3) is 0.600. The summed E-state index contributed by atoms with van der Waals surface area (Å²) in [6, 6.07) is 7.80. The first-order valence-electron chi connectivity index (χ1n) is 9.77. The lowest BCUT2D eigenvalue weighted by Gasteiger charge is -2.26. The monoisotopic (exact) mass is 358 g/mol. The van der Waals surface area contributed by atoms with Gasteiger partial charge in [0.05, 0.1) is 12.6 Å². The van der Waals surface area contributed by atoms with Crippen LogP contribution in [0.5, 0.6) is 0 Å². The number of hydrogen-bond acceptors (Lipinski definition) is 3. The Morgan fingerprint density at radius 2 is 1.88 bits per heavy atom. The van der Waals surface area contributed by atoms with E-state index in [0.717, 1.165) is 62.5 Å². The molecule has 2 N–H and O–H groups in total. The van der Waals surface area contributed by atoms with Crippen molar-refractivity contribution in [2.24, 2.45) is 4.99 Å². The van der Waals surface area contributed by atoms with Crippen LogP contribution in [-0.4, -0.2) is 65.6 Å². The molecule has 1 aromatic carbocycles. The van der Waals surface area contributed by atoms with Crippen molar-refractivity contribution < 1.29 is 9.90 Å². The summed E-state index contributed by atoms with van der Waals surface area (Å²) in [5.41, 5.74) is 1.84. The van der Waals surface area contributed by atoms with E-state index in [-0.39, 0.29) is 12.0 Å². The Morgan fingerprint density at radius 3 is 2.50 bits per heavy atom. The Hall–Kier alpha value is -2.08. The summed E-state index contributed by atoms with van der Waals surface area (Å²) < 4.78 is 0. The fourth-order valence-corrected chi connectivity index (χ4v) is 3.56. The summed E-state index contributed by atoms with van der Waals surface area (Å²) in [6.45, 7) is 6.62. The van der Waals surface area contributed by atoms with Gasteiger partial charge in [-0.25, -0.2) is 4.99 Å². The molecule has 1 atom stereocenters. The molecule has 2 aliphatic heterocycles. The third-order valence-electron chi connectivity index (χ3n) is 5.05. The highest BCUT2D eigenvalue weighted by molar-refractivity contribution is 5.94. The van der Waals surface area contributed by atoms with E-state index in [1.54, 1.807) is 0 Å². The number of aliphatic hydroxyl groups is 1. The van der Waals surface area contributed by atoms with Gasteiger partial charge < -0.3 is 20.2 Å². The molecule has 2 heterocycles. The van der Waals surface area contributed by atoms with Crippen molar-refractivity contribution >= 4 is 11.9 Å². The number of aliphatic imine (C=N–C) groups is 1. The fourth-order valence-electron chi connectivity index (χ4n) is 3.56. The van der Waals surface area contributed by atoms with Crippen LogP contribution in [0.4, 0.5) is 0 Å². The number of β-amino-alcohol motifs (C(OH)–C–C–N with tert-alkyl or cyclic N) is 1. The molecular formula is C20H30N4O2. The lowest BCUT2D eigenvalue weighted by molar-refractivity contribution is 0.0724. The number of benzene rings is 1. The SMILES string of the molecule is CCNC(=NCc1ccc(C(=O)N2CCCCC2)cc1)N1CC[C@@H](O)C1. The smallest absolute Gasteiger partial charge is 0.253 e. The molecule has 0 bridgehead atoms. The maximum absolute atomic E-state index is 12.5. The summed E-state index contributed by atoms with van der Waals surface area (Å²) in [6.07, 6.45) is 3.97. The van der Waals surface area contributed by atoms with Gasteiger partial charge in [0.1, 0.15) is 0 Å². The van der Waals surface area contributed by atoms with Gasteiger partial charge in [-0.1, -0.05) is 12.1 Å². The van der Waals surface area contributed by atoms with Crippen LogP contribution < -0.4 is 5.32 Å². The summed E-state index contributed by atoms with van der Waals surface area (Å²) in [5.74, 6) is 0.983. The van der Waals surface area contributed by atoms with Crippen LogP contribution in [0.15, 0.2) is 29.3 Å². The summed E-state index contributed by atoms with van der Waals surface area (Å²) in [7, 11) is 0. The zero-order valence-electron chi connectivity index (χ0n) is 15.7. The van der Waals surface area contributed by atoms with E-state index in [1.807, 2.05) is 36.1 Å². The Morgan fingerprint density at radius 1 is 1.15 bits per heavy atom. The third kappa shape index (κ3) is 4.75. The second-order valence-corrected chi connectivity index (χ2v) is 7.11. The Kier molecular flexibility index (Phi) is 6.50. The Balaban J connectivity index is 1.61. The molecule has 6 nitrogen and oxygen atoms in total. The quantitative estimate of drug-likeness (QED) is 0.637. The van der Waals surface area contributed by atoms with Crippen LogP contribution in [0.25, 0.3) is 0 Å². The van der Waals surface area contributed by atoms with Crippen molar-refractivity contribution in [3.05, 3.63) is 35.4 Å².